The summed E-state index contributed by atoms with van der Waals surface area (Å²) < 4.78 is 27.6. The smallest absolute Gasteiger partial charge is 0.263 e. The molecule has 0 heterocycles. The summed E-state index contributed by atoms with van der Waals surface area (Å²) in [6.07, 6.45) is 0. The van der Waals surface area contributed by atoms with Gasteiger partial charge < -0.3 is 5.73 Å². The third-order valence-electron chi connectivity index (χ3n) is 2.61. The van der Waals surface area contributed by atoms with E-state index >= 15 is 0 Å². The van der Waals surface area contributed by atoms with Crippen molar-refractivity contribution in [3.8, 4) is 6.07 Å². The first-order valence-electron chi connectivity index (χ1n) is 5.61. The van der Waals surface area contributed by atoms with Gasteiger partial charge in [0.1, 0.15) is 11.0 Å². The summed E-state index contributed by atoms with van der Waals surface area (Å²) in [5, 5.41) is 8.96. The van der Waals surface area contributed by atoms with Gasteiger partial charge in [-0.3, -0.25) is 4.72 Å². The molecule has 0 bridgehead atoms. The zero-order valence-electron chi connectivity index (χ0n) is 10.5. The van der Waals surface area contributed by atoms with Crippen LogP contribution in [0.25, 0.3) is 0 Å². The van der Waals surface area contributed by atoms with E-state index in [1.54, 1.807) is 6.07 Å². The number of nitrogen functional groups attached to an aromatic ring is 1. The topological polar surface area (TPSA) is 96.0 Å². The number of anilines is 2. The first-order valence-corrected chi connectivity index (χ1v) is 8.26. The minimum absolute atomic E-state index is 0.0441. The van der Waals surface area contributed by atoms with Gasteiger partial charge in [0.15, 0.2) is 0 Å². The number of rotatable bonds is 3. The molecule has 0 fully saturated rings. The number of sulfonamides is 1. The van der Waals surface area contributed by atoms with Crippen LogP contribution in [0.1, 0.15) is 5.56 Å². The van der Waals surface area contributed by atoms with Crippen molar-refractivity contribution in [2.75, 3.05) is 10.5 Å². The zero-order valence-corrected chi connectivity index (χ0v) is 13.6. The number of nitrogens with one attached hydrogen (secondary N) is 1. The SMILES string of the molecule is N#Cc1ccc(NS(=O)(=O)c2cc(Br)ccc2N)cc1Cl. The molecule has 0 aliphatic heterocycles. The van der Waals surface area contributed by atoms with Gasteiger partial charge in [0.2, 0.25) is 0 Å². The van der Waals surface area contributed by atoms with Gasteiger partial charge in [-0.2, -0.15) is 5.26 Å². The summed E-state index contributed by atoms with van der Waals surface area (Å²) >= 11 is 9.07. The highest BCUT2D eigenvalue weighted by Crippen LogP contribution is 2.27. The standard InChI is InChI=1S/C13H9BrClN3O2S/c14-9-2-4-12(17)13(5-9)21(19,20)18-10-3-1-8(7-16)11(15)6-10/h1-6,18H,17H2. The Morgan fingerprint density at radius 3 is 2.57 bits per heavy atom. The maximum atomic E-state index is 12.3. The number of nitriles is 1. The molecular weight excluding hydrogens is 378 g/mol. The fraction of sp³-hybridized carbons (Fsp3) is 0. The maximum Gasteiger partial charge on any atom is 0.263 e. The molecule has 2 aromatic carbocycles. The van der Waals surface area contributed by atoms with Crippen LogP contribution in [0.15, 0.2) is 45.8 Å². The lowest BCUT2D eigenvalue weighted by Crippen LogP contribution is -2.14. The van der Waals surface area contributed by atoms with Gasteiger partial charge in [0.25, 0.3) is 10.0 Å². The Bertz CT molecular complexity index is 847. The van der Waals surface area contributed by atoms with Crippen molar-refractivity contribution < 1.29 is 8.42 Å². The third-order valence-corrected chi connectivity index (χ3v) is 4.85. The Labute approximate surface area is 135 Å². The normalized spacial score (nSPS) is 10.9. The van der Waals surface area contributed by atoms with Gasteiger partial charge in [0, 0.05) is 4.47 Å². The minimum atomic E-state index is -3.85. The Hall–Kier alpha value is -1.75. The minimum Gasteiger partial charge on any atom is -0.398 e. The Morgan fingerprint density at radius 2 is 1.95 bits per heavy atom. The number of nitrogens with zero attached hydrogens (tertiary/aromatic N) is 1. The Morgan fingerprint density at radius 1 is 1.24 bits per heavy atom. The van der Waals surface area contributed by atoms with E-state index in [9.17, 15) is 8.42 Å². The largest absolute Gasteiger partial charge is 0.398 e. The predicted octanol–water partition coefficient (Wildman–Crippen LogP) is 3.36. The van der Waals surface area contributed by atoms with Crippen LogP contribution in [0.4, 0.5) is 11.4 Å². The van der Waals surface area contributed by atoms with E-state index in [1.165, 1.54) is 30.3 Å². The van der Waals surface area contributed by atoms with Crippen LogP contribution < -0.4 is 10.5 Å². The molecule has 108 valence electrons. The van der Waals surface area contributed by atoms with E-state index < -0.39 is 10.0 Å². The second-order valence-corrected chi connectivity index (χ2v) is 7.07. The molecule has 0 atom stereocenters. The van der Waals surface area contributed by atoms with Crippen molar-refractivity contribution in [2.45, 2.75) is 4.90 Å². The molecule has 0 radical (unpaired) electrons. The molecule has 0 aromatic heterocycles. The molecule has 0 saturated heterocycles. The first kappa shape index (κ1) is 15.6. The lowest BCUT2D eigenvalue weighted by Gasteiger charge is -2.11. The Kier molecular flexibility index (Phi) is 4.42. The quantitative estimate of drug-likeness (QED) is 0.791. The zero-order chi connectivity index (χ0) is 15.6. The van der Waals surface area contributed by atoms with E-state index in [2.05, 4.69) is 20.7 Å². The molecule has 2 aromatic rings. The van der Waals surface area contributed by atoms with Gasteiger partial charge in [-0.25, -0.2) is 8.42 Å². The van der Waals surface area contributed by atoms with Crippen molar-refractivity contribution in [1.82, 2.24) is 0 Å². The number of benzene rings is 2. The van der Waals surface area contributed by atoms with Crippen LogP contribution >= 0.6 is 27.5 Å². The van der Waals surface area contributed by atoms with Gasteiger partial charge in [-0.1, -0.05) is 27.5 Å². The molecule has 3 N–H and O–H groups in total. The van der Waals surface area contributed by atoms with Crippen molar-refractivity contribution >= 4 is 48.9 Å². The van der Waals surface area contributed by atoms with Crippen LogP contribution in [0, 0.1) is 11.3 Å². The molecule has 0 saturated carbocycles. The summed E-state index contributed by atoms with van der Waals surface area (Å²) in [6, 6.07) is 10.7. The molecule has 0 aliphatic carbocycles. The number of nitrogens with two attached hydrogens (primary N) is 1. The molecular formula is C13H9BrClN3O2S. The molecule has 5 nitrogen and oxygen atoms in total. The summed E-state index contributed by atoms with van der Waals surface area (Å²) in [6.45, 7) is 0. The van der Waals surface area contributed by atoms with Gasteiger partial charge in [-0.05, 0) is 36.4 Å². The Balaban J connectivity index is 2.40. The van der Waals surface area contributed by atoms with Crippen molar-refractivity contribution in [3.63, 3.8) is 0 Å². The van der Waals surface area contributed by atoms with Crippen LogP contribution in [0.3, 0.4) is 0 Å². The summed E-state index contributed by atoms with van der Waals surface area (Å²) in [4.78, 5) is -0.0441. The van der Waals surface area contributed by atoms with Gasteiger partial charge in [-0.15, -0.1) is 0 Å². The first-order chi connectivity index (χ1) is 9.83. The van der Waals surface area contributed by atoms with Crippen LogP contribution in [-0.2, 0) is 10.0 Å². The average Bonchev–Trinajstić information content (AvgIpc) is 2.41. The molecule has 8 heteroatoms. The summed E-state index contributed by atoms with van der Waals surface area (Å²) in [5.41, 5.74) is 6.34. The number of hydrogen-bond donors (Lipinski definition) is 2. The molecule has 0 amide bonds. The molecule has 0 aliphatic rings. The summed E-state index contributed by atoms with van der Waals surface area (Å²) in [5.74, 6) is 0. The molecule has 0 unspecified atom stereocenters. The second-order valence-electron chi connectivity index (χ2n) is 4.09. The average molecular weight is 387 g/mol. The van der Waals surface area contributed by atoms with Crippen LogP contribution in [0.5, 0.6) is 0 Å². The van der Waals surface area contributed by atoms with E-state index in [1.807, 2.05) is 6.07 Å². The van der Waals surface area contributed by atoms with E-state index in [0.717, 1.165) is 0 Å². The lowest BCUT2D eigenvalue weighted by atomic mass is 10.2. The monoisotopic (exact) mass is 385 g/mol. The van der Waals surface area contributed by atoms with E-state index in [0.29, 0.717) is 4.47 Å². The highest BCUT2D eigenvalue weighted by Gasteiger charge is 2.18. The lowest BCUT2D eigenvalue weighted by molar-refractivity contribution is 0.601. The number of halogens is 2. The fourth-order valence-corrected chi connectivity index (χ4v) is 3.56. The second kappa shape index (κ2) is 5.93. The van der Waals surface area contributed by atoms with Gasteiger partial charge in [0.05, 0.1) is 22.0 Å². The molecule has 21 heavy (non-hydrogen) atoms. The van der Waals surface area contributed by atoms with Crippen molar-refractivity contribution in [2.24, 2.45) is 0 Å². The molecule has 2 rings (SSSR count). The predicted molar refractivity (Wildman–Crippen MR) is 85.5 cm³/mol. The maximum absolute atomic E-state index is 12.3. The highest BCUT2D eigenvalue weighted by atomic mass is 79.9. The molecule has 0 spiro atoms. The van der Waals surface area contributed by atoms with Crippen LogP contribution in [0.2, 0.25) is 5.02 Å². The van der Waals surface area contributed by atoms with Crippen LogP contribution in [-0.4, -0.2) is 8.42 Å². The van der Waals surface area contributed by atoms with E-state index in [4.69, 9.17) is 22.6 Å². The third kappa shape index (κ3) is 3.47. The fourth-order valence-electron chi connectivity index (χ4n) is 1.62. The van der Waals surface area contributed by atoms with Gasteiger partial charge >= 0.3 is 0 Å². The van der Waals surface area contributed by atoms with E-state index in [-0.39, 0.29) is 26.9 Å². The highest BCUT2D eigenvalue weighted by molar-refractivity contribution is 9.10. The number of hydrogen-bond acceptors (Lipinski definition) is 4. The summed E-state index contributed by atoms with van der Waals surface area (Å²) in [7, 11) is -3.85. The van der Waals surface area contributed by atoms with Crippen molar-refractivity contribution in [1.29, 1.82) is 5.26 Å². The van der Waals surface area contributed by atoms with Crippen molar-refractivity contribution in [3.05, 3.63) is 51.5 Å².